The molecular weight excluding hydrogens is 212 g/mol. The Morgan fingerprint density at radius 1 is 1.12 bits per heavy atom. The second-order valence-electron chi connectivity index (χ2n) is 4.84. The van der Waals surface area contributed by atoms with Gasteiger partial charge in [-0.15, -0.1) is 0 Å². The number of nitrogens with zero attached hydrogens (tertiary/aromatic N) is 2. The van der Waals surface area contributed by atoms with Crippen molar-refractivity contribution in [1.29, 1.82) is 0 Å². The summed E-state index contributed by atoms with van der Waals surface area (Å²) in [7, 11) is 0. The van der Waals surface area contributed by atoms with Crippen molar-refractivity contribution in [2.24, 2.45) is 0 Å². The molecule has 0 amide bonds. The molecule has 1 N–H and O–H groups in total. The van der Waals surface area contributed by atoms with Crippen LogP contribution in [0.1, 0.15) is 11.1 Å². The number of aliphatic hydroxyl groups is 1. The van der Waals surface area contributed by atoms with Gasteiger partial charge in [0.1, 0.15) is 0 Å². The number of aryl methyl sites for hydroxylation is 2. The predicted molar refractivity (Wildman–Crippen MR) is 71.7 cm³/mol. The largest absolute Gasteiger partial charge is 0.395 e. The molecule has 0 bridgehead atoms. The minimum Gasteiger partial charge on any atom is -0.395 e. The van der Waals surface area contributed by atoms with Crippen molar-refractivity contribution in [3.8, 4) is 0 Å². The van der Waals surface area contributed by atoms with Gasteiger partial charge < -0.3 is 10.0 Å². The second kappa shape index (κ2) is 5.52. The zero-order valence-electron chi connectivity index (χ0n) is 10.8. The van der Waals surface area contributed by atoms with Gasteiger partial charge in [-0.3, -0.25) is 4.90 Å². The van der Waals surface area contributed by atoms with Gasteiger partial charge >= 0.3 is 0 Å². The van der Waals surface area contributed by atoms with Crippen LogP contribution in [0.3, 0.4) is 0 Å². The fourth-order valence-electron chi connectivity index (χ4n) is 2.51. The van der Waals surface area contributed by atoms with Crippen molar-refractivity contribution in [2.75, 3.05) is 44.2 Å². The highest BCUT2D eigenvalue weighted by Crippen LogP contribution is 2.22. The first-order valence-corrected chi connectivity index (χ1v) is 6.36. The molecular formula is C14H22N2O. The summed E-state index contributed by atoms with van der Waals surface area (Å²) in [6.45, 7) is 9.61. The van der Waals surface area contributed by atoms with E-state index < -0.39 is 0 Å². The van der Waals surface area contributed by atoms with Gasteiger partial charge in [0.2, 0.25) is 0 Å². The van der Waals surface area contributed by atoms with Crippen LogP contribution in [0.25, 0.3) is 0 Å². The van der Waals surface area contributed by atoms with E-state index in [2.05, 4.69) is 41.8 Å². The highest BCUT2D eigenvalue weighted by Gasteiger charge is 2.17. The van der Waals surface area contributed by atoms with Crippen LogP contribution in [0.4, 0.5) is 5.69 Å². The van der Waals surface area contributed by atoms with Crippen molar-refractivity contribution in [3.63, 3.8) is 0 Å². The molecule has 2 rings (SSSR count). The van der Waals surface area contributed by atoms with Crippen LogP contribution in [0.2, 0.25) is 0 Å². The molecule has 1 aliphatic heterocycles. The number of piperazine rings is 1. The fraction of sp³-hybridized carbons (Fsp3) is 0.571. The second-order valence-corrected chi connectivity index (χ2v) is 4.84. The normalized spacial score (nSPS) is 17.5. The summed E-state index contributed by atoms with van der Waals surface area (Å²) in [4.78, 5) is 4.77. The van der Waals surface area contributed by atoms with Gasteiger partial charge in [0.25, 0.3) is 0 Å². The lowest BCUT2D eigenvalue weighted by molar-refractivity contribution is 0.188. The third kappa shape index (κ3) is 2.99. The van der Waals surface area contributed by atoms with E-state index in [0.717, 1.165) is 32.7 Å². The van der Waals surface area contributed by atoms with Crippen LogP contribution in [0.15, 0.2) is 18.2 Å². The number of benzene rings is 1. The van der Waals surface area contributed by atoms with Gasteiger partial charge in [-0.1, -0.05) is 17.7 Å². The van der Waals surface area contributed by atoms with Crippen LogP contribution in [-0.4, -0.2) is 49.3 Å². The van der Waals surface area contributed by atoms with Crippen LogP contribution in [-0.2, 0) is 0 Å². The van der Waals surface area contributed by atoms with E-state index in [4.69, 9.17) is 5.11 Å². The van der Waals surface area contributed by atoms with Crippen molar-refractivity contribution in [3.05, 3.63) is 29.3 Å². The molecule has 1 fully saturated rings. The summed E-state index contributed by atoms with van der Waals surface area (Å²) in [5, 5.41) is 8.92. The number of rotatable bonds is 3. The van der Waals surface area contributed by atoms with Gasteiger partial charge in [-0.25, -0.2) is 0 Å². The standard InChI is InChI=1S/C14H22N2O/c1-12-3-4-14(13(2)11-12)16-7-5-15(6-8-16)9-10-17/h3-4,11,17H,5-10H2,1-2H3. The number of anilines is 1. The molecule has 0 atom stereocenters. The Hall–Kier alpha value is -1.06. The van der Waals surface area contributed by atoms with Crippen LogP contribution in [0, 0.1) is 13.8 Å². The molecule has 1 aromatic carbocycles. The molecule has 0 unspecified atom stereocenters. The summed E-state index contributed by atoms with van der Waals surface area (Å²) in [6.07, 6.45) is 0. The first-order chi connectivity index (χ1) is 8.20. The van der Waals surface area contributed by atoms with Gasteiger partial charge in [0.05, 0.1) is 6.61 Å². The lowest BCUT2D eigenvalue weighted by atomic mass is 10.1. The molecule has 3 heteroatoms. The predicted octanol–water partition coefficient (Wildman–Crippen LogP) is 1.42. The van der Waals surface area contributed by atoms with Crippen molar-refractivity contribution < 1.29 is 5.11 Å². The Labute approximate surface area is 104 Å². The van der Waals surface area contributed by atoms with E-state index in [1.54, 1.807) is 0 Å². The van der Waals surface area contributed by atoms with E-state index in [-0.39, 0.29) is 6.61 Å². The number of β-amino-alcohol motifs (C(OH)–C–C–N with tert-alkyl or cyclic N) is 1. The lowest BCUT2D eigenvalue weighted by Gasteiger charge is -2.36. The Bertz CT molecular complexity index is 370. The van der Waals surface area contributed by atoms with Crippen molar-refractivity contribution in [1.82, 2.24) is 4.90 Å². The summed E-state index contributed by atoms with van der Waals surface area (Å²) >= 11 is 0. The third-order valence-corrected chi connectivity index (χ3v) is 3.48. The van der Waals surface area contributed by atoms with Crippen molar-refractivity contribution >= 4 is 5.69 Å². The monoisotopic (exact) mass is 234 g/mol. The lowest BCUT2D eigenvalue weighted by Crippen LogP contribution is -2.47. The highest BCUT2D eigenvalue weighted by atomic mass is 16.3. The van der Waals surface area contributed by atoms with Gasteiger partial charge in [0, 0.05) is 38.4 Å². The zero-order chi connectivity index (χ0) is 12.3. The third-order valence-electron chi connectivity index (χ3n) is 3.48. The van der Waals surface area contributed by atoms with Crippen LogP contribution in [0.5, 0.6) is 0 Å². The summed E-state index contributed by atoms with van der Waals surface area (Å²) in [6, 6.07) is 6.66. The smallest absolute Gasteiger partial charge is 0.0558 e. The number of aliphatic hydroxyl groups excluding tert-OH is 1. The molecule has 0 aromatic heterocycles. The average Bonchev–Trinajstić information content (AvgIpc) is 2.31. The van der Waals surface area contributed by atoms with Crippen molar-refractivity contribution in [2.45, 2.75) is 13.8 Å². The zero-order valence-corrected chi connectivity index (χ0v) is 10.8. The maximum absolute atomic E-state index is 8.92. The Morgan fingerprint density at radius 3 is 2.41 bits per heavy atom. The number of hydrogen-bond acceptors (Lipinski definition) is 3. The molecule has 17 heavy (non-hydrogen) atoms. The minimum atomic E-state index is 0.267. The molecule has 3 nitrogen and oxygen atoms in total. The van der Waals surface area contributed by atoms with Gasteiger partial charge in [0.15, 0.2) is 0 Å². The Morgan fingerprint density at radius 2 is 1.82 bits per heavy atom. The topological polar surface area (TPSA) is 26.7 Å². The highest BCUT2D eigenvalue weighted by molar-refractivity contribution is 5.54. The molecule has 0 spiro atoms. The maximum atomic E-state index is 8.92. The van der Waals surface area contributed by atoms with E-state index >= 15 is 0 Å². The first kappa shape index (κ1) is 12.4. The van der Waals surface area contributed by atoms with E-state index in [1.807, 2.05) is 0 Å². The van der Waals surface area contributed by atoms with Crippen LogP contribution >= 0.6 is 0 Å². The van der Waals surface area contributed by atoms with Crippen LogP contribution < -0.4 is 4.90 Å². The minimum absolute atomic E-state index is 0.267. The molecule has 1 aromatic rings. The maximum Gasteiger partial charge on any atom is 0.0558 e. The van der Waals surface area contributed by atoms with E-state index in [9.17, 15) is 0 Å². The SMILES string of the molecule is Cc1ccc(N2CCN(CCO)CC2)c(C)c1. The number of hydrogen-bond donors (Lipinski definition) is 1. The molecule has 1 heterocycles. The molecule has 1 aliphatic rings. The quantitative estimate of drug-likeness (QED) is 0.857. The molecule has 0 saturated carbocycles. The molecule has 1 saturated heterocycles. The molecule has 0 aliphatic carbocycles. The van der Waals surface area contributed by atoms with E-state index in [0.29, 0.717) is 0 Å². The van der Waals surface area contributed by atoms with E-state index in [1.165, 1.54) is 16.8 Å². The summed E-state index contributed by atoms with van der Waals surface area (Å²) < 4.78 is 0. The van der Waals surface area contributed by atoms with Gasteiger partial charge in [-0.05, 0) is 25.5 Å². The summed E-state index contributed by atoms with van der Waals surface area (Å²) in [5.74, 6) is 0. The molecule has 94 valence electrons. The molecule has 0 radical (unpaired) electrons. The average molecular weight is 234 g/mol. The summed E-state index contributed by atoms with van der Waals surface area (Å²) in [5.41, 5.74) is 4.05. The Kier molecular flexibility index (Phi) is 4.02. The first-order valence-electron chi connectivity index (χ1n) is 6.36. The fourth-order valence-corrected chi connectivity index (χ4v) is 2.51. The Balaban J connectivity index is 2.00. The van der Waals surface area contributed by atoms with Gasteiger partial charge in [-0.2, -0.15) is 0 Å².